The monoisotopic (exact) mass is 399 g/mol. The molecule has 0 aliphatic heterocycles. The van der Waals surface area contributed by atoms with Gasteiger partial charge in [0, 0.05) is 17.7 Å². The van der Waals surface area contributed by atoms with Crippen LogP contribution in [-0.4, -0.2) is 26.3 Å². The van der Waals surface area contributed by atoms with E-state index in [2.05, 4.69) is 21.0 Å². The maximum absolute atomic E-state index is 14.0. The first-order valence-corrected chi connectivity index (χ1v) is 7.75. The molecule has 0 radical (unpaired) electrons. The number of non-ortho nitro benzene ring substituents is 1. The fourth-order valence-corrected chi connectivity index (χ4v) is 2.35. The summed E-state index contributed by atoms with van der Waals surface area (Å²) < 4.78 is 21.0. The Balaban J connectivity index is 2.31. The molecule has 0 unspecified atom stereocenters. The van der Waals surface area contributed by atoms with Crippen molar-refractivity contribution >= 4 is 27.6 Å². The molecule has 0 saturated heterocycles. The highest BCUT2D eigenvalue weighted by molar-refractivity contribution is 9.10. The lowest BCUT2D eigenvalue weighted by Gasteiger charge is -2.19. The molecule has 128 valence electrons. The number of carbonyl (C=O) groups excluding carboxylic acids is 1. The van der Waals surface area contributed by atoms with Gasteiger partial charge in [-0.1, -0.05) is 0 Å². The molecule has 24 heavy (non-hydrogen) atoms. The van der Waals surface area contributed by atoms with Crippen LogP contribution in [0.15, 0.2) is 28.9 Å². The molecule has 1 heterocycles. The maximum Gasteiger partial charge on any atom is 0.357 e. The third kappa shape index (κ3) is 4.38. The predicted molar refractivity (Wildman–Crippen MR) is 87.3 cm³/mol. The number of hydrogen-bond donors (Lipinski definition) is 0. The van der Waals surface area contributed by atoms with Crippen molar-refractivity contribution < 1.29 is 18.8 Å². The molecule has 1 aromatic heterocycles. The van der Waals surface area contributed by atoms with Crippen molar-refractivity contribution in [3.05, 3.63) is 56.1 Å². The van der Waals surface area contributed by atoms with E-state index in [1.165, 1.54) is 22.9 Å². The quantitative estimate of drug-likeness (QED) is 0.444. The van der Waals surface area contributed by atoms with Crippen LogP contribution < -0.4 is 0 Å². The zero-order valence-corrected chi connectivity index (χ0v) is 14.8. The minimum Gasteiger partial charge on any atom is -0.455 e. The lowest BCUT2D eigenvalue weighted by atomic mass is 10.2. The van der Waals surface area contributed by atoms with Crippen LogP contribution in [0.4, 0.5) is 10.1 Å². The largest absolute Gasteiger partial charge is 0.455 e. The number of esters is 1. The molecule has 0 saturated carbocycles. The second-order valence-corrected chi connectivity index (χ2v) is 6.86. The van der Waals surface area contributed by atoms with Gasteiger partial charge < -0.3 is 4.74 Å². The molecule has 0 atom stereocenters. The van der Waals surface area contributed by atoms with Crippen LogP contribution in [0.25, 0.3) is 0 Å². The van der Waals surface area contributed by atoms with E-state index >= 15 is 0 Å². The zero-order chi connectivity index (χ0) is 18.1. The molecule has 9 heteroatoms. The van der Waals surface area contributed by atoms with Gasteiger partial charge in [-0.25, -0.2) is 9.18 Å². The molecular formula is C15H15BrFN3O4. The van der Waals surface area contributed by atoms with Crippen LogP contribution in [-0.2, 0) is 11.3 Å². The Kier molecular flexibility index (Phi) is 5.02. The SMILES string of the molecule is CC(C)(C)OC(=O)c1cc(Br)nn1Cc1ccc([N+](=O)[O-])cc1F. The Morgan fingerprint density at radius 3 is 2.62 bits per heavy atom. The summed E-state index contributed by atoms with van der Waals surface area (Å²) in [4.78, 5) is 22.2. The third-order valence-corrected chi connectivity index (χ3v) is 3.31. The number of ether oxygens (including phenoxy) is 1. The smallest absolute Gasteiger partial charge is 0.357 e. The van der Waals surface area contributed by atoms with Crippen molar-refractivity contribution in [3.63, 3.8) is 0 Å². The van der Waals surface area contributed by atoms with Gasteiger partial charge in [0.2, 0.25) is 0 Å². The Morgan fingerprint density at radius 2 is 2.08 bits per heavy atom. The van der Waals surface area contributed by atoms with Crippen LogP contribution in [0.2, 0.25) is 0 Å². The van der Waals surface area contributed by atoms with Crippen LogP contribution in [0.3, 0.4) is 0 Å². The van der Waals surface area contributed by atoms with Gasteiger partial charge in [-0.3, -0.25) is 14.8 Å². The number of carbonyl (C=O) groups is 1. The van der Waals surface area contributed by atoms with Gasteiger partial charge in [0.1, 0.15) is 21.7 Å². The molecular weight excluding hydrogens is 385 g/mol. The van der Waals surface area contributed by atoms with Crippen LogP contribution in [0, 0.1) is 15.9 Å². The first-order valence-electron chi connectivity index (χ1n) is 6.96. The molecule has 2 rings (SSSR count). The van der Waals surface area contributed by atoms with E-state index in [1.54, 1.807) is 20.8 Å². The van der Waals surface area contributed by atoms with Gasteiger partial charge >= 0.3 is 5.97 Å². The van der Waals surface area contributed by atoms with Gasteiger partial charge in [-0.2, -0.15) is 5.10 Å². The lowest BCUT2D eigenvalue weighted by Crippen LogP contribution is -2.26. The fraction of sp³-hybridized carbons (Fsp3) is 0.333. The number of benzene rings is 1. The standard InChI is InChI=1S/C15H15BrFN3O4/c1-15(2,3)24-14(21)12-7-13(16)18-19(12)8-9-4-5-10(20(22)23)6-11(9)17/h4-7H,8H2,1-3H3. The summed E-state index contributed by atoms with van der Waals surface area (Å²) in [6.07, 6.45) is 0. The molecule has 0 amide bonds. The van der Waals surface area contributed by atoms with Crippen LogP contribution >= 0.6 is 15.9 Å². The number of hydrogen-bond acceptors (Lipinski definition) is 5. The summed E-state index contributed by atoms with van der Waals surface area (Å²) >= 11 is 3.17. The summed E-state index contributed by atoms with van der Waals surface area (Å²) in [5, 5.41) is 14.7. The Morgan fingerprint density at radius 1 is 1.42 bits per heavy atom. The van der Waals surface area contributed by atoms with Gasteiger partial charge in [0.25, 0.3) is 5.69 Å². The second kappa shape index (κ2) is 6.68. The highest BCUT2D eigenvalue weighted by Gasteiger charge is 2.23. The number of rotatable bonds is 4. The van der Waals surface area contributed by atoms with E-state index in [1.807, 2.05) is 0 Å². The van der Waals surface area contributed by atoms with Crippen molar-refractivity contribution in [2.45, 2.75) is 32.9 Å². The van der Waals surface area contributed by atoms with E-state index in [9.17, 15) is 19.3 Å². The first-order chi connectivity index (χ1) is 11.1. The summed E-state index contributed by atoms with van der Waals surface area (Å²) in [5.74, 6) is -1.34. The summed E-state index contributed by atoms with van der Waals surface area (Å²) in [7, 11) is 0. The fourth-order valence-electron chi connectivity index (χ4n) is 1.94. The average Bonchev–Trinajstić information content (AvgIpc) is 2.80. The molecule has 2 aromatic rings. The summed E-state index contributed by atoms with van der Waals surface area (Å²) in [5.41, 5.74) is -0.710. The molecule has 0 aliphatic carbocycles. The second-order valence-electron chi connectivity index (χ2n) is 6.04. The van der Waals surface area contributed by atoms with Crippen molar-refractivity contribution in [3.8, 4) is 0 Å². The maximum atomic E-state index is 14.0. The first kappa shape index (κ1) is 18.1. The van der Waals surface area contributed by atoms with E-state index in [-0.39, 0.29) is 23.5 Å². The van der Waals surface area contributed by atoms with E-state index in [0.717, 1.165) is 6.07 Å². The van der Waals surface area contributed by atoms with E-state index in [0.29, 0.717) is 4.60 Å². The van der Waals surface area contributed by atoms with Crippen molar-refractivity contribution in [2.75, 3.05) is 0 Å². The molecule has 0 fully saturated rings. The minimum atomic E-state index is -0.744. The molecule has 0 bridgehead atoms. The number of halogens is 2. The Hall–Kier alpha value is -2.29. The van der Waals surface area contributed by atoms with Crippen molar-refractivity contribution in [1.82, 2.24) is 9.78 Å². The van der Waals surface area contributed by atoms with Gasteiger partial charge in [-0.05, 0) is 42.8 Å². The molecule has 0 spiro atoms. The predicted octanol–water partition coefficient (Wildman–Crippen LogP) is 3.70. The van der Waals surface area contributed by atoms with Crippen LogP contribution in [0.5, 0.6) is 0 Å². The Bertz CT molecular complexity index is 799. The zero-order valence-electron chi connectivity index (χ0n) is 13.2. The number of nitro benzene ring substituents is 1. The van der Waals surface area contributed by atoms with Crippen LogP contribution in [0.1, 0.15) is 36.8 Å². The minimum absolute atomic E-state index is 0.0655. The van der Waals surface area contributed by atoms with Gasteiger partial charge in [0.05, 0.1) is 17.5 Å². The number of nitro groups is 1. The summed E-state index contributed by atoms with van der Waals surface area (Å²) in [6, 6.07) is 4.80. The van der Waals surface area contributed by atoms with E-state index in [4.69, 9.17) is 4.74 Å². The molecule has 7 nitrogen and oxygen atoms in total. The van der Waals surface area contributed by atoms with E-state index < -0.39 is 22.3 Å². The highest BCUT2D eigenvalue weighted by atomic mass is 79.9. The third-order valence-electron chi connectivity index (χ3n) is 2.93. The molecule has 0 aliphatic rings. The average molecular weight is 400 g/mol. The van der Waals surface area contributed by atoms with Gasteiger partial charge in [0.15, 0.2) is 0 Å². The molecule has 1 aromatic carbocycles. The lowest BCUT2D eigenvalue weighted by molar-refractivity contribution is -0.385. The normalized spacial score (nSPS) is 11.4. The van der Waals surface area contributed by atoms with Crippen molar-refractivity contribution in [1.29, 1.82) is 0 Å². The number of aromatic nitrogens is 2. The summed E-state index contributed by atoms with van der Waals surface area (Å²) in [6.45, 7) is 5.13. The topological polar surface area (TPSA) is 87.3 Å². The van der Waals surface area contributed by atoms with Crippen molar-refractivity contribution in [2.24, 2.45) is 0 Å². The molecule has 0 N–H and O–H groups in total. The van der Waals surface area contributed by atoms with Gasteiger partial charge in [-0.15, -0.1) is 0 Å². The highest BCUT2D eigenvalue weighted by Crippen LogP contribution is 2.20. The Labute approximate surface area is 145 Å². The number of nitrogens with zero attached hydrogens (tertiary/aromatic N) is 3.